The molecule has 152 valence electrons. The van der Waals surface area contributed by atoms with Gasteiger partial charge in [-0.2, -0.15) is 5.11 Å². The Balaban J connectivity index is 0.000000452. The molecule has 0 saturated heterocycles. The van der Waals surface area contributed by atoms with Crippen molar-refractivity contribution in [2.75, 3.05) is 11.5 Å². The molecule has 5 N–H and O–H groups in total. The van der Waals surface area contributed by atoms with Crippen LogP contribution in [0.2, 0.25) is 0 Å². The van der Waals surface area contributed by atoms with Crippen molar-refractivity contribution >= 4 is 54.7 Å². The van der Waals surface area contributed by atoms with E-state index < -0.39 is 21.2 Å². The van der Waals surface area contributed by atoms with Crippen molar-refractivity contribution in [1.29, 1.82) is 0 Å². The van der Waals surface area contributed by atoms with E-state index in [1.54, 1.807) is 42.5 Å². The molecule has 0 aliphatic heterocycles. The predicted molar refractivity (Wildman–Crippen MR) is 104 cm³/mol. The predicted octanol–water partition coefficient (Wildman–Crippen LogP) is 2.12. The van der Waals surface area contributed by atoms with Gasteiger partial charge in [0.05, 0.1) is 16.8 Å². The second-order valence-corrected chi connectivity index (χ2v) is 5.89. The normalized spacial score (nSPS) is 9.79. The van der Waals surface area contributed by atoms with E-state index in [2.05, 4.69) is 10.2 Å². The lowest BCUT2D eigenvalue weighted by Gasteiger charge is -2.06. The van der Waals surface area contributed by atoms with Gasteiger partial charge in [-0.1, -0.05) is 18.2 Å². The van der Waals surface area contributed by atoms with Gasteiger partial charge in [0.1, 0.15) is 11.4 Å². The summed E-state index contributed by atoms with van der Waals surface area (Å²) in [5.74, 6) is 0.131. The summed E-state index contributed by atoms with van der Waals surface area (Å²) < 4.78 is 50.7. The number of fused-ring (bicyclic) bond motifs is 1. The number of hydrogen-bond donors (Lipinski definition) is 3. The summed E-state index contributed by atoms with van der Waals surface area (Å²) in [4.78, 5) is 0. The average molecular weight is 438 g/mol. The highest BCUT2D eigenvalue weighted by Crippen LogP contribution is 2.38. The first kappa shape index (κ1) is 23.2. The maximum absolute atomic E-state index is 10.0. The van der Waals surface area contributed by atoms with Crippen LogP contribution in [-0.2, 0) is 21.2 Å². The molecule has 0 atom stereocenters. The fourth-order valence-electron chi connectivity index (χ4n) is 2.11. The summed E-state index contributed by atoms with van der Waals surface area (Å²) in [6, 6.07) is 15.9. The first-order chi connectivity index (χ1) is 13.6. The van der Waals surface area contributed by atoms with Gasteiger partial charge in [0.25, 0.3) is 0 Å². The molecule has 11 nitrogen and oxygen atoms in total. The summed E-state index contributed by atoms with van der Waals surface area (Å²) in [7, 11) is -6.22. The molecule has 3 rings (SSSR count). The first-order valence-electron chi connectivity index (χ1n) is 7.42. The van der Waals surface area contributed by atoms with Crippen LogP contribution < -0.4 is 11.5 Å². The van der Waals surface area contributed by atoms with Crippen LogP contribution in [0.15, 0.2) is 64.8 Å². The molecular weight excluding hydrogens is 424 g/mol. The molecule has 13 heteroatoms. The van der Waals surface area contributed by atoms with Crippen molar-refractivity contribution in [3.05, 3.63) is 54.6 Å². The zero-order valence-electron chi connectivity index (χ0n) is 14.5. The van der Waals surface area contributed by atoms with E-state index in [9.17, 15) is 5.11 Å². The number of phenols is 1. The molecule has 0 bridgehead atoms. The summed E-state index contributed by atoms with van der Waals surface area (Å²) in [6.07, 6.45) is 0. The molecule has 0 spiro atoms. The van der Waals surface area contributed by atoms with Crippen LogP contribution in [0.1, 0.15) is 0 Å². The van der Waals surface area contributed by atoms with Crippen molar-refractivity contribution in [1.82, 2.24) is 0 Å². The Bertz CT molecular complexity index is 1200. The van der Waals surface area contributed by atoms with E-state index >= 15 is 0 Å². The smallest absolute Gasteiger partial charge is 0.425 e. The standard InChI is InChI=1S/C16H14N4O.2O3S/c17-11-5-7-12(8-6-11)19-20-16-13(18)9-4-10-2-1-3-14(21)15(10)16;2*1-4(2)3/h1-9,21H,17-18H2;;. The fraction of sp³-hybridized carbons (Fsp3) is 0. The third-order valence-electron chi connectivity index (χ3n) is 3.19. The molecule has 0 aliphatic rings. The minimum absolute atomic E-state index is 0.131. The molecule has 0 heterocycles. The number of hydrogen-bond acceptors (Lipinski definition) is 11. The van der Waals surface area contributed by atoms with Gasteiger partial charge in [-0.15, -0.1) is 30.4 Å². The maximum Gasteiger partial charge on any atom is 0.425 e. The van der Waals surface area contributed by atoms with Crippen LogP contribution in [0.4, 0.5) is 22.7 Å². The van der Waals surface area contributed by atoms with Crippen LogP contribution in [0, 0.1) is 0 Å². The molecule has 0 radical (unpaired) electrons. The van der Waals surface area contributed by atoms with E-state index in [0.717, 1.165) is 5.39 Å². The van der Waals surface area contributed by atoms with Crippen LogP contribution >= 0.6 is 0 Å². The lowest BCUT2D eigenvalue weighted by molar-refractivity contribution is 0.481. The molecule has 0 unspecified atom stereocenters. The molecule has 29 heavy (non-hydrogen) atoms. The van der Waals surface area contributed by atoms with Crippen LogP contribution in [0.25, 0.3) is 10.8 Å². The van der Waals surface area contributed by atoms with Gasteiger partial charge in [-0.3, -0.25) is 0 Å². The fourth-order valence-corrected chi connectivity index (χ4v) is 2.11. The highest BCUT2D eigenvalue weighted by molar-refractivity contribution is 7.59. The van der Waals surface area contributed by atoms with E-state index in [1.807, 2.05) is 12.1 Å². The number of nitrogen functional groups attached to an aromatic ring is 2. The number of azo groups is 1. The molecular formula is C16H14N4O7S2. The van der Waals surface area contributed by atoms with Gasteiger partial charge in [0.2, 0.25) is 0 Å². The first-order valence-corrected chi connectivity index (χ1v) is 9.42. The van der Waals surface area contributed by atoms with Crippen molar-refractivity contribution in [3.63, 3.8) is 0 Å². The Kier molecular flexibility index (Phi) is 8.88. The molecule has 0 aromatic heterocycles. The quantitative estimate of drug-likeness (QED) is 0.396. The van der Waals surface area contributed by atoms with Crippen LogP contribution in [-0.4, -0.2) is 30.4 Å². The second-order valence-electron chi connectivity index (χ2n) is 5.08. The number of nitrogens with two attached hydrogens (primary N) is 2. The zero-order valence-corrected chi connectivity index (χ0v) is 16.1. The summed E-state index contributed by atoms with van der Waals surface area (Å²) in [6.45, 7) is 0. The number of nitrogens with zero attached hydrogens (tertiary/aromatic N) is 2. The minimum Gasteiger partial charge on any atom is -0.507 e. The van der Waals surface area contributed by atoms with Gasteiger partial charge in [0.15, 0.2) is 0 Å². The number of rotatable bonds is 2. The monoisotopic (exact) mass is 438 g/mol. The maximum atomic E-state index is 10.0. The lowest BCUT2D eigenvalue weighted by atomic mass is 10.1. The van der Waals surface area contributed by atoms with E-state index in [-0.39, 0.29) is 5.75 Å². The summed E-state index contributed by atoms with van der Waals surface area (Å²) >= 11 is 0. The van der Waals surface area contributed by atoms with Gasteiger partial charge < -0.3 is 16.6 Å². The third-order valence-corrected chi connectivity index (χ3v) is 3.19. The van der Waals surface area contributed by atoms with Crippen LogP contribution in [0.3, 0.4) is 0 Å². The van der Waals surface area contributed by atoms with Crippen molar-refractivity contribution < 1.29 is 30.4 Å². The lowest BCUT2D eigenvalue weighted by Crippen LogP contribution is -1.86. The van der Waals surface area contributed by atoms with Crippen molar-refractivity contribution in [2.24, 2.45) is 10.2 Å². The van der Waals surface area contributed by atoms with Gasteiger partial charge in [-0.05, 0) is 41.8 Å². The Labute approximate surface area is 167 Å². The molecule has 3 aromatic rings. The van der Waals surface area contributed by atoms with Gasteiger partial charge >= 0.3 is 21.2 Å². The van der Waals surface area contributed by atoms with Crippen molar-refractivity contribution in [2.45, 2.75) is 0 Å². The average Bonchev–Trinajstić information content (AvgIpc) is 2.62. The second kappa shape index (κ2) is 11.1. The number of phenolic OH excluding ortho intramolecular Hbond substituents is 1. The van der Waals surface area contributed by atoms with E-state index in [1.165, 1.54) is 0 Å². The zero-order chi connectivity index (χ0) is 22.0. The van der Waals surface area contributed by atoms with Crippen LogP contribution in [0.5, 0.6) is 5.75 Å². The topological polar surface area (TPSA) is 199 Å². The van der Waals surface area contributed by atoms with Gasteiger partial charge in [0, 0.05) is 5.69 Å². The third kappa shape index (κ3) is 8.15. The molecule has 0 saturated carbocycles. The minimum atomic E-state index is -3.11. The summed E-state index contributed by atoms with van der Waals surface area (Å²) in [5, 5.41) is 19.8. The molecule has 0 amide bonds. The Hall–Kier alpha value is -3.84. The number of anilines is 2. The number of aromatic hydroxyl groups is 1. The highest BCUT2D eigenvalue weighted by atomic mass is 32.2. The molecule has 0 fully saturated rings. The van der Waals surface area contributed by atoms with E-state index in [0.29, 0.717) is 28.1 Å². The number of benzene rings is 3. The Morgan fingerprint density at radius 3 is 1.83 bits per heavy atom. The molecule has 3 aromatic carbocycles. The Morgan fingerprint density at radius 2 is 1.28 bits per heavy atom. The molecule has 0 aliphatic carbocycles. The van der Waals surface area contributed by atoms with Crippen molar-refractivity contribution in [3.8, 4) is 5.75 Å². The van der Waals surface area contributed by atoms with E-state index in [4.69, 9.17) is 36.7 Å². The summed E-state index contributed by atoms with van der Waals surface area (Å²) in [5.41, 5.74) is 13.8. The highest BCUT2D eigenvalue weighted by Gasteiger charge is 2.08. The Morgan fingerprint density at radius 1 is 0.724 bits per heavy atom. The largest absolute Gasteiger partial charge is 0.507 e. The van der Waals surface area contributed by atoms with Gasteiger partial charge in [-0.25, -0.2) is 0 Å². The SMILES string of the molecule is Nc1ccc(N=Nc2c(N)ccc3cccc(O)c23)cc1.O=S(=O)=O.O=S(=O)=O.